The van der Waals surface area contributed by atoms with E-state index in [-0.39, 0.29) is 29.6 Å². The van der Waals surface area contributed by atoms with Gasteiger partial charge in [-0.05, 0) is 114 Å². The molecule has 0 saturated carbocycles. The average Bonchev–Trinajstić information content (AvgIpc) is 2.84. The van der Waals surface area contributed by atoms with Crippen molar-refractivity contribution in [1.29, 1.82) is 0 Å². The SMILES string of the molecule is C.Cc1nc(N2CCOCC2)nc(N(CCCCCCN(C)C2CC(C)(C)NC(C)(C)C2)C2CC(C)(C)NC(C)(C)C2)n1. The van der Waals surface area contributed by atoms with Gasteiger partial charge >= 0.3 is 0 Å². The molecular formula is C34H66N8O. The Labute approximate surface area is 264 Å². The summed E-state index contributed by atoms with van der Waals surface area (Å²) < 4.78 is 5.59. The van der Waals surface area contributed by atoms with E-state index in [9.17, 15) is 0 Å². The van der Waals surface area contributed by atoms with Gasteiger partial charge in [-0.15, -0.1) is 0 Å². The number of anilines is 2. The van der Waals surface area contributed by atoms with E-state index in [0.717, 1.165) is 69.8 Å². The van der Waals surface area contributed by atoms with Gasteiger partial charge < -0.3 is 30.1 Å². The number of nitrogens with zero attached hydrogens (tertiary/aromatic N) is 6. The topological polar surface area (TPSA) is 81.7 Å². The first kappa shape index (κ1) is 35.9. The molecule has 0 aromatic carbocycles. The first-order valence-corrected chi connectivity index (χ1v) is 16.6. The maximum atomic E-state index is 5.59. The molecule has 4 heterocycles. The van der Waals surface area contributed by atoms with E-state index in [0.29, 0.717) is 12.1 Å². The van der Waals surface area contributed by atoms with Crippen LogP contribution in [0.15, 0.2) is 0 Å². The van der Waals surface area contributed by atoms with E-state index < -0.39 is 0 Å². The van der Waals surface area contributed by atoms with Crippen LogP contribution in [-0.2, 0) is 4.74 Å². The van der Waals surface area contributed by atoms with Gasteiger partial charge in [0.05, 0.1) is 13.2 Å². The van der Waals surface area contributed by atoms with Gasteiger partial charge in [-0.1, -0.05) is 20.3 Å². The molecule has 0 bridgehead atoms. The number of aryl methyl sites for hydroxylation is 1. The fourth-order valence-corrected chi connectivity index (χ4v) is 8.18. The van der Waals surface area contributed by atoms with Crippen molar-refractivity contribution >= 4 is 11.9 Å². The number of nitrogens with one attached hydrogen (secondary N) is 2. The van der Waals surface area contributed by atoms with Crippen molar-refractivity contribution in [1.82, 2.24) is 30.5 Å². The first-order chi connectivity index (χ1) is 19.5. The second-order valence-electron chi connectivity index (χ2n) is 16.1. The molecule has 3 saturated heterocycles. The third-order valence-corrected chi connectivity index (χ3v) is 9.34. The van der Waals surface area contributed by atoms with Gasteiger partial charge in [-0.2, -0.15) is 15.0 Å². The summed E-state index contributed by atoms with van der Waals surface area (Å²) in [7, 11) is 2.33. The lowest BCUT2D eigenvalue weighted by molar-refractivity contribution is 0.0805. The quantitative estimate of drug-likeness (QED) is 0.316. The Morgan fingerprint density at radius 1 is 0.721 bits per heavy atom. The molecule has 0 amide bonds. The Bertz CT molecular complexity index is 988. The predicted octanol–water partition coefficient (Wildman–Crippen LogP) is 5.57. The number of piperidine rings is 2. The van der Waals surface area contributed by atoms with Crippen molar-refractivity contribution in [3.05, 3.63) is 5.82 Å². The summed E-state index contributed by atoms with van der Waals surface area (Å²) in [6.07, 6.45) is 9.45. The predicted molar refractivity (Wildman–Crippen MR) is 181 cm³/mol. The molecule has 3 aliphatic rings. The highest BCUT2D eigenvalue weighted by Crippen LogP contribution is 2.34. The maximum Gasteiger partial charge on any atom is 0.230 e. The summed E-state index contributed by atoms with van der Waals surface area (Å²) >= 11 is 0. The molecule has 43 heavy (non-hydrogen) atoms. The molecule has 3 fully saturated rings. The second kappa shape index (κ2) is 14.3. The van der Waals surface area contributed by atoms with Crippen molar-refractivity contribution in [3.8, 4) is 0 Å². The Balaban J connectivity index is 0.00000506. The molecule has 0 aliphatic carbocycles. The Hall–Kier alpha value is -1.55. The number of aromatic nitrogens is 3. The summed E-state index contributed by atoms with van der Waals surface area (Å²) in [5.41, 5.74) is 0.498. The third-order valence-electron chi connectivity index (χ3n) is 9.34. The van der Waals surface area contributed by atoms with Crippen molar-refractivity contribution in [2.75, 3.05) is 56.2 Å². The summed E-state index contributed by atoms with van der Waals surface area (Å²) in [5.74, 6) is 2.44. The number of rotatable bonds is 11. The van der Waals surface area contributed by atoms with Crippen molar-refractivity contribution in [3.63, 3.8) is 0 Å². The molecule has 248 valence electrons. The number of hydrogen-bond acceptors (Lipinski definition) is 9. The fraction of sp³-hybridized carbons (Fsp3) is 0.912. The normalized spacial score (nSPS) is 23.7. The van der Waals surface area contributed by atoms with E-state index in [1.165, 1.54) is 38.6 Å². The van der Waals surface area contributed by atoms with Crippen LogP contribution in [0.4, 0.5) is 11.9 Å². The molecule has 1 aromatic rings. The molecular weight excluding hydrogens is 536 g/mol. The van der Waals surface area contributed by atoms with Gasteiger partial charge in [-0.3, -0.25) is 0 Å². The van der Waals surface area contributed by atoms with E-state index in [1.807, 2.05) is 6.92 Å². The van der Waals surface area contributed by atoms with Gasteiger partial charge in [0.25, 0.3) is 0 Å². The van der Waals surface area contributed by atoms with Crippen LogP contribution in [0, 0.1) is 6.92 Å². The van der Waals surface area contributed by atoms with Crippen LogP contribution in [0.1, 0.15) is 120 Å². The van der Waals surface area contributed by atoms with Crippen LogP contribution in [0.5, 0.6) is 0 Å². The number of morpholine rings is 1. The minimum atomic E-state index is 0. The van der Waals surface area contributed by atoms with Crippen LogP contribution >= 0.6 is 0 Å². The molecule has 0 unspecified atom stereocenters. The summed E-state index contributed by atoms with van der Waals surface area (Å²) in [6.45, 7) is 26.0. The number of ether oxygens (including phenoxy) is 1. The van der Waals surface area contributed by atoms with Crippen LogP contribution in [0.2, 0.25) is 0 Å². The zero-order valence-electron chi connectivity index (χ0n) is 28.6. The zero-order valence-corrected chi connectivity index (χ0v) is 28.6. The molecule has 3 aliphatic heterocycles. The highest BCUT2D eigenvalue weighted by Gasteiger charge is 2.41. The lowest BCUT2D eigenvalue weighted by atomic mass is 9.79. The van der Waals surface area contributed by atoms with Crippen LogP contribution in [-0.4, -0.2) is 101 Å². The van der Waals surface area contributed by atoms with Crippen LogP contribution in [0.25, 0.3) is 0 Å². The summed E-state index contributed by atoms with van der Waals surface area (Å²) in [6, 6.07) is 1.03. The molecule has 1 aromatic heterocycles. The van der Waals surface area contributed by atoms with E-state index in [2.05, 4.69) is 87.8 Å². The van der Waals surface area contributed by atoms with Gasteiger partial charge in [0, 0.05) is 53.9 Å². The second-order valence-corrected chi connectivity index (χ2v) is 16.1. The minimum Gasteiger partial charge on any atom is -0.378 e. The maximum absolute atomic E-state index is 5.59. The Morgan fingerprint density at radius 3 is 1.74 bits per heavy atom. The van der Waals surface area contributed by atoms with Gasteiger partial charge in [-0.25, -0.2) is 0 Å². The van der Waals surface area contributed by atoms with E-state index >= 15 is 0 Å². The van der Waals surface area contributed by atoms with Gasteiger partial charge in [0.15, 0.2) is 0 Å². The molecule has 9 heteroatoms. The zero-order chi connectivity index (χ0) is 30.8. The van der Waals surface area contributed by atoms with Gasteiger partial charge in [0.2, 0.25) is 11.9 Å². The highest BCUT2D eigenvalue weighted by atomic mass is 16.5. The largest absolute Gasteiger partial charge is 0.378 e. The van der Waals surface area contributed by atoms with Crippen molar-refractivity contribution < 1.29 is 4.74 Å². The standard InChI is InChI=1S/C33H62N8O.CH4/c1-25-34-28(40-17-19-42-20-18-40)36-29(35-25)41(27-23-32(6,7)38-33(8,9)24-27)16-14-12-11-13-15-39(10)26-21-30(2,3)37-31(4,5)22-26;/h26-27,37-38H,11-24H2,1-10H3;1H4. The van der Waals surface area contributed by atoms with E-state index in [4.69, 9.17) is 19.7 Å². The minimum absolute atomic E-state index is 0. The van der Waals surface area contributed by atoms with Gasteiger partial charge in [0.1, 0.15) is 5.82 Å². The van der Waals surface area contributed by atoms with Crippen LogP contribution in [0.3, 0.4) is 0 Å². The molecule has 2 N–H and O–H groups in total. The smallest absolute Gasteiger partial charge is 0.230 e. The lowest BCUT2D eigenvalue weighted by Gasteiger charge is -2.49. The monoisotopic (exact) mass is 603 g/mol. The highest BCUT2D eigenvalue weighted by molar-refractivity contribution is 5.41. The molecule has 0 atom stereocenters. The third kappa shape index (κ3) is 10.5. The van der Waals surface area contributed by atoms with E-state index in [1.54, 1.807) is 0 Å². The Morgan fingerprint density at radius 2 is 1.21 bits per heavy atom. The molecule has 4 rings (SSSR count). The first-order valence-electron chi connectivity index (χ1n) is 16.6. The molecule has 0 spiro atoms. The van der Waals surface area contributed by atoms with Crippen molar-refractivity contribution in [2.45, 2.75) is 155 Å². The average molecular weight is 603 g/mol. The summed E-state index contributed by atoms with van der Waals surface area (Å²) in [5, 5.41) is 7.69. The van der Waals surface area contributed by atoms with Crippen molar-refractivity contribution in [2.24, 2.45) is 0 Å². The number of unbranched alkanes of at least 4 members (excludes halogenated alkanes) is 3. The molecule has 0 radical (unpaired) electrons. The number of hydrogen-bond donors (Lipinski definition) is 2. The Kier molecular flexibility index (Phi) is 11.9. The lowest BCUT2D eigenvalue weighted by Crippen LogP contribution is -2.62. The summed E-state index contributed by atoms with van der Waals surface area (Å²) in [4.78, 5) is 22.1. The molecule has 9 nitrogen and oxygen atoms in total. The van der Waals surface area contributed by atoms with Crippen LogP contribution < -0.4 is 20.4 Å². The fourth-order valence-electron chi connectivity index (χ4n) is 8.18.